The molecule has 0 saturated heterocycles. The van der Waals surface area contributed by atoms with E-state index in [2.05, 4.69) is 10.3 Å². The predicted molar refractivity (Wildman–Crippen MR) is 122 cm³/mol. The summed E-state index contributed by atoms with van der Waals surface area (Å²) in [5.74, 6) is 1.86. The van der Waals surface area contributed by atoms with E-state index in [9.17, 15) is 4.79 Å². The van der Waals surface area contributed by atoms with Gasteiger partial charge in [0.1, 0.15) is 5.65 Å². The molecule has 0 radical (unpaired) electrons. The summed E-state index contributed by atoms with van der Waals surface area (Å²) in [6.45, 7) is 0.393. The highest BCUT2D eigenvalue weighted by atomic mass is 32.2. The van der Waals surface area contributed by atoms with E-state index in [0.717, 1.165) is 21.8 Å². The molecule has 0 aliphatic heterocycles. The summed E-state index contributed by atoms with van der Waals surface area (Å²) in [6, 6.07) is 19.2. The number of carbonyl (C=O) groups is 1. The van der Waals surface area contributed by atoms with Crippen molar-refractivity contribution in [2.45, 2.75) is 17.2 Å². The van der Waals surface area contributed by atoms with Crippen molar-refractivity contribution in [3.63, 3.8) is 0 Å². The average Bonchev–Trinajstić information content (AvgIpc) is 3.24. The fraction of sp³-hybridized carbons (Fsp3) is 0.167. The number of benzene rings is 2. The van der Waals surface area contributed by atoms with Gasteiger partial charge in [-0.1, -0.05) is 24.3 Å². The molecule has 4 rings (SSSR count). The fourth-order valence-corrected chi connectivity index (χ4v) is 4.19. The zero-order valence-corrected chi connectivity index (χ0v) is 18.2. The minimum absolute atomic E-state index is 0.118. The highest BCUT2D eigenvalue weighted by Gasteiger charge is 2.13. The van der Waals surface area contributed by atoms with Gasteiger partial charge in [-0.15, -0.1) is 11.8 Å². The second-order valence-corrected chi connectivity index (χ2v) is 7.87. The first-order chi connectivity index (χ1) is 15.2. The van der Waals surface area contributed by atoms with Crippen LogP contribution in [-0.2, 0) is 12.3 Å². The Bertz CT molecular complexity index is 1170. The minimum Gasteiger partial charge on any atom is -0.493 e. The Morgan fingerprint density at radius 2 is 1.84 bits per heavy atom. The van der Waals surface area contributed by atoms with Gasteiger partial charge in [0.2, 0.25) is 0 Å². The molecule has 0 fully saturated rings. The van der Waals surface area contributed by atoms with Gasteiger partial charge in [-0.25, -0.2) is 4.98 Å². The van der Waals surface area contributed by atoms with Crippen LogP contribution in [0.3, 0.4) is 0 Å². The Balaban J connectivity index is 1.43. The minimum atomic E-state index is -0.118. The van der Waals surface area contributed by atoms with Gasteiger partial charge in [0.25, 0.3) is 5.91 Å². The number of amides is 1. The summed E-state index contributed by atoms with van der Waals surface area (Å²) in [4.78, 5) is 18.4. The molecule has 0 aliphatic rings. The molecule has 4 aromatic rings. The number of rotatable bonds is 8. The van der Waals surface area contributed by atoms with Gasteiger partial charge in [0, 0.05) is 29.6 Å². The van der Waals surface area contributed by atoms with E-state index in [1.54, 1.807) is 26.0 Å². The van der Waals surface area contributed by atoms with Crippen LogP contribution in [0.2, 0.25) is 0 Å². The van der Waals surface area contributed by atoms with Crippen LogP contribution in [-0.4, -0.2) is 29.5 Å². The zero-order chi connectivity index (χ0) is 21.6. The lowest BCUT2D eigenvalue weighted by atomic mass is 10.1. The number of aromatic nitrogens is 2. The number of carbonyl (C=O) groups excluding carboxylic acids is 1. The summed E-state index contributed by atoms with van der Waals surface area (Å²) in [5.41, 5.74) is 3.47. The number of hydrogen-bond acceptors (Lipinski definition) is 5. The normalized spacial score (nSPS) is 10.8. The Labute approximate surface area is 185 Å². The fourth-order valence-electron chi connectivity index (χ4n) is 3.26. The predicted octanol–water partition coefficient (Wildman–Crippen LogP) is 4.57. The van der Waals surface area contributed by atoms with E-state index in [1.165, 1.54) is 0 Å². The smallest absolute Gasteiger partial charge is 0.252 e. The van der Waals surface area contributed by atoms with Crippen molar-refractivity contribution in [2.75, 3.05) is 14.2 Å². The standard InChI is InChI=1S/C24H23N3O3S/c1-29-20-11-10-17(13-21(20)30-2)14-25-24(28)19-7-3-4-8-22(19)31-16-18-15-27-12-6-5-9-23(27)26-18/h3-13,15H,14,16H2,1-2H3,(H,25,28). The molecule has 0 spiro atoms. The molecule has 158 valence electrons. The lowest BCUT2D eigenvalue weighted by molar-refractivity contribution is 0.0948. The summed E-state index contributed by atoms with van der Waals surface area (Å²) < 4.78 is 12.6. The van der Waals surface area contributed by atoms with Crippen molar-refractivity contribution in [1.82, 2.24) is 14.7 Å². The van der Waals surface area contributed by atoms with Gasteiger partial charge in [0.05, 0.1) is 25.5 Å². The third-order valence-corrected chi connectivity index (χ3v) is 5.93. The van der Waals surface area contributed by atoms with Crippen LogP contribution < -0.4 is 14.8 Å². The summed E-state index contributed by atoms with van der Waals surface area (Å²) in [7, 11) is 3.19. The number of thioether (sulfide) groups is 1. The van der Waals surface area contributed by atoms with Crippen molar-refractivity contribution < 1.29 is 14.3 Å². The van der Waals surface area contributed by atoms with E-state index < -0.39 is 0 Å². The first-order valence-electron chi connectivity index (χ1n) is 9.81. The molecule has 6 nitrogen and oxygen atoms in total. The Morgan fingerprint density at radius 1 is 1.03 bits per heavy atom. The van der Waals surface area contributed by atoms with Crippen LogP contribution in [0.25, 0.3) is 5.65 Å². The third kappa shape index (κ3) is 4.83. The SMILES string of the molecule is COc1ccc(CNC(=O)c2ccccc2SCc2cn3ccccc3n2)cc1OC. The molecule has 0 aliphatic carbocycles. The molecule has 7 heteroatoms. The third-order valence-electron chi connectivity index (χ3n) is 4.82. The number of pyridine rings is 1. The number of fused-ring (bicyclic) bond motifs is 1. The molecule has 0 saturated carbocycles. The highest BCUT2D eigenvalue weighted by molar-refractivity contribution is 7.98. The van der Waals surface area contributed by atoms with Crippen molar-refractivity contribution in [2.24, 2.45) is 0 Å². The van der Waals surface area contributed by atoms with Gasteiger partial charge in [-0.3, -0.25) is 4.79 Å². The van der Waals surface area contributed by atoms with Crippen molar-refractivity contribution in [3.05, 3.63) is 89.9 Å². The first kappa shape index (κ1) is 20.8. The van der Waals surface area contributed by atoms with Crippen LogP contribution in [0.4, 0.5) is 0 Å². The Morgan fingerprint density at radius 3 is 2.65 bits per heavy atom. The lowest BCUT2D eigenvalue weighted by Crippen LogP contribution is -2.23. The van der Waals surface area contributed by atoms with Gasteiger partial charge in [-0.05, 0) is 42.0 Å². The number of nitrogens with zero attached hydrogens (tertiary/aromatic N) is 2. The van der Waals surface area contributed by atoms with E-state index in [-0.39, 0.29) is 5.91 Å². The molecule has 2 aromatic carbocycles. The maximum absolute atomic E-state index is 12.9. The average molecular weight is 434 g/mol. The van der Waals surface area contributed by atoms with Crippen LogP contribution in [0, 0.1) is 0 Å². The largest absolute Gasteiger partial charge is 0.493 e. The van der Waals surface area contributed by atoms with Gasteiger partial charge < -0.3 is 19.2 Å². The van der Waals surface area contributed by atoms with Gasteiger partial charge in [0.15, 0.2) is 11.5 Å². The molecular formula is C24H23N3O3S. The van der Waals surface area contributed by atoms with Crippen LogP contribution in [0.15, 0.2) is 78.0 Å². The maximum atomic E-state index is 12.9. The number of hydrogen-bond donors (Lipinski definition) is 1. The second kappa shape index (κ2) is 9.57. The molecule has 1 N–H and O–H groups in total. The topological polar surface area (TPSA) is 64.9 Å². The molecule has 1 amide bonds. The van der Waals surface area contributed by atoms with Crippen LogP contribution in [0.5, 0.6) is 11.5 Å². The van der Waals surface area contributed by atoms with E-state index in [0.29, 0.717) is 29.4 Å². The van der Waals surface area contributed by atoms with E-state index in [1.807, 2.05) is 77.5 Å². The second-order valence-electron chi connectivity index (χ2n) is 6.86. The van der Waals surface area contributed by atoms with Gasteiger partial charge in [-0.2, -0.15) is 0 Å². The number of ether oxygens (including phenoxy) is 2. The van der Waals surface area contributed by atoms with Crippen LogP contribution >= 0.6 is 11.8 Å². The van der Waals surface area contributed by atoms with Crippen molar-refractivity contribution >= 4 is 23.3 Å². The van der Waals surface area contributed by atoms with Crippen molar-refractivity contribution in [1.29, 1.82) is 0 Å². The number of methoxy groups -OCH3 is 2. The van der Waals surface area contributed by atoms with Gasteiger partial charge >= 0.3 is 0 Å². The Hall–Kier alpha value is -3.45. The van der Waals surface area contributed by atoms with E-state index in [4.69, 9.17) is 9.47 Å². The zero-order valence-electron chi connectivity index (χ0n) is 17.4. The summed E-state index contributed by atoms with van der Waals surface area (Å²) in [6.07, 6.45) is 3.99. The molecule has 0 bridgehead atoms. The summed E-state index contributed by atoms with van der Waals surface area (Å²) in [5, 5.41) is 3.00. The first-order valence-corrected chi connectivity index (χ1v) is 10.8. The number of imidazole rings is 1. The molecule has 2 heterocycles. The molecule has 2 aromatic heterocycles. The molecular weight excluding hydrogens is 410 g/mol. The van der Waals surface area contributed by atoms with E-state index >= 15 is 0 Å². The molecule has 0 atom stereocenters. The summed E-state index contributed by atoms with van der Waals surface area (Å²) >= 11 is 1.60. The lowest BCUT2D eigenvalue weighted by Gasteiger charge is -2.12. The molecule has 0 unspecified atom stereocenters. The van der Waals surface area contributed by atoms with Crippen LogP contribution in [0.1, 0.15) is 21.6 Å². The maximum Gasteiger partial charge on any atom is 0.252 e. The number of nitrogens with one attached hydrogen (secondary N) is 1. The monoisotopic (exact) mass is 433 g/mol. The Kier molecular flexibility index (Phi) is 6.43. The molecule has 31 heavy (non-hydrogen) atoms. The highest BCUT2D eigenvalue weighted by Crippen LogP contribution is 2.28. The quantitative estimate of drug-likeness (QED) is 0.412. The van der Waals surface area contributed by atoms with Crippen molar-refractivity contribution in [3.8, 4) is 11.5 Å².